The fourth-order valence-corrected chi connectivity index (χ4v) is 17.7. The Hall–Kier alpha value is -10.8. The number of Topliss-reactive ketones (excluding diaryl/α,β-unsaturated/α-hetero) is 3. The lowest BCUT2D eigenvalue weighted by Crippen LogP contribution is -2.61. The van der Waals surface area contributed by atoms with Crippen molar-refractivity contribution < 1.29 is 91.5 Å². The van der Waals surface area contributed by atoms with E-state index in [0.29, 0.717) is 194 Å². The number of aliphatic hydroxyl groups is 2. The maximum Gasteiger partial charge on any atom is 0.329 e. The first-order chi connectivity index (χ1) is 63.2. The molecule has 0 spiro atoms. The average molecular weight is 1820 g/mol. The number of carbonyl (C=O) groups is 7. The van der Waals surface area contributed by atoms with Crippen LogP contribution in [0, 0.1) is 29.6 Å². The quantitative estimate of drug-likeness (QED) is 0.00888. The van der Waals surface area contributed by atoms with Gasteiger partial charge in [0.25, 0.3) is 17.6 Å². The van der Waals surface area contributed by atoms with Gasteiger partial charge >= 0.3 is 5.97 Å². The number of cyclic esters (lactones) is 1. The Bertz CT molecular complexity index is 5090. The molecular formula is C93H129N19O19. The number of esters is 1. The first kappa shape index (κ1) is 99.2. The number of aromatic amines is 1. The van der Waals surface area contributed by atoms with Gasteiger partial charge in [-0.1, -0.05) is 69.4 Å². The second-order valence-electron chi connectivity index (χ2n) is 34.9. The summed E-state index contributed by atoms with van der Waals surface area (Å²) < 4.78 is 56.3. The van der Waals surface area contributed by atoms with Gasteiger partial charge in [0.2, 0.25) is 23.6 Å². The maximum atomic E-state index is 14.8. The zero-order valence-electron chi connectivity index (χ0n) is 76.5. The van der Waals surface area contributed by atoms with Crippen LogP contribution in [0.4, 0.5) is 17.7 Å². The monoisotopic (exact) mass is 1820 g/mol. The topological polar surface area (TPSA) is 491 Å². The largest absolute Gasteiger partial charge is 0.508 e. The number of aromatic hydroxyl groups is 1. The van der Waals surface area contributed by atoms with Gasteiger partial charge < -0.3 is 99.7 Å². The first-order valence-electron chi connectivity index (χ1n) is 45.7. The number of nitrogens with one attached hydrogen (secondary N) is 3. The van der Waals surface area contributed by atoms with Crippen molar-refractivity contribution in [2.75, 3.05) is 136 Å². The molecule has 38 nitrogen and oxygen atoms in total. The van der Waals surface area contributed by atoms with Gasteiger partial charge in [-0.05, 0) is 138 Å². The smallest absolute Gasteiger partial charge is 0.329 e. The number of fused-ring (bicyclic) bond motifs is 5. The summed E-state index contributed by atoms with van der Waals surface area (Å²) in [5, 5.41) is 55.0. The normalized spacial score (nSPS) is 26.1. The van der Waals surface area contributed by atoms with E-state index in [1.54, 1.807) is 87.9 Å². The number of anilines is 3. The number of nitrogens with zero attached hydrogens (tertiary/aromatic N) is 14. The van der Waals surface area contributed by atoms with Gasteiger partial charge in [0.15, 0.2) is 11.4 Å². The Morgan fingerprint density at radius 2 is 1.44 bits per heavy atom. The van der Waals surface area contributed by atoms with Crippen LogP contribution in [0.15, 0.2) is 109 Å². The minimum absolute atomic E-state index is 0.0169. The Labute approximate surface area is 762 Å². The van der Waals surface area contributed by atoms with Crippen molar-refractivity contribution in [3.63, 3.8) is 0 Å². The van der Waals surface area contributed by atoms with E-state index in [9.17, 15) is 48.9 Å². The number of carbonyl (C=O) groups excluding carboxylic acids is 7. The number of nitrogens with two attached hydrogens (primary N) is 2. The number of nitrogen functional groups attached to an aromatic ring is 1. The molecule has 2 bridgehead atoms. The second-order valence-corrected chi connectivity index (χ2v) is 34.9. The van der Waals surface area contributed by atoms with E-state index in [0.717, 1.165) is 39.9 Å². The maximum absolute atomic E-state index is 14.8. The van der Waals surface area contributed by atoms with Crippen molar-refractivity contribution in [3.05, 3.63) is 115 Å². The van der Waals surface area contributed by atoms with Crippen LogP contribution in [-0.2, 0) is 77.9 Å². The minimum Gasteiger partial charge on any atom is -0.508 e. The van der Waals surface area contributed by atoms with Crippen molar-refractivity contribution in [2.45, 2.75) is 205 Å². The van der Waals surface area contributed by atoms with Crippen molar-refractivity contribution in [1.29, 1.82) is 0 Å². The highest BCUT2D eigenvalue weighted by Gasteiger charge is 2.53. The molecule has 3 saturated heterocycles. The summed E-state index contributed by atoms with van der Waals surface area (Å²) in [5.74, 6) is -7.47. The molecule has 4 aliphatic heterocycles. The number of phenolic OH excluding ortho intramolecular Hbond substituents is 1. The highest BCUT2D eigenvalue weighted by atomic mass is 16.6. The van der Waals surface area contributed by atoms with E-state index in [1.165, 1.54) is 25.8 Å². The molecule has 1 aliphatic carbocycles. The predicted octanol–water partition coefficient (Wildman–Crippen LogP) is 7.28. The molecule has 3 amide bonds. The lowest BCUT2D eigenvalue weighted by atomic mass is 9.79. The van der Waals surface area contributed by atoms with Gasteiger partial charge in [0.05, 0.1) is 100 Å². The number of amides is 3. The number of piperidine rings is 1. The number of H-pyrrole nitrogens is 1. The SMILES string of the molecule is CO[C@H]1C[C@@H]2CC[C@@H](C)[C@@](O)(O2)C(=O)C(=O)N2CCCC[C@H]2C(=O)O[C@H]([C@H](N)C[C@@H]2CC[C@H](n3cc(-c4cnc(N5CCN(c6ncc(C(=O)NCCOCCOCCOCCOCCC(=O)NCCCCn7nc(-c8cc9cc(O)ccc9[nH]8)c8c(N)ncnc87)cn6)CC5)nc4)nn3)[C@H](OC)C2)CC(=O)[C@H](C)/C=C(\C)[C@@H](O)[C@@H](OC)C(=O)[C@H](C)C[C@H](C)/C=C/C=CC=C1C. The van der Waals surface area contributed by atoms with E-state index in [2.05, 4.69) is 50.8 Å². The Morgan fingerprint density at radius 3 is 2.15 bits per heavy atom. The van der Waals surface area contributed by atoms with Gasteiger partial charge in [-0.3, -0.25) is 28.8 Å². The Kier molecular flexibility index (Phi) is 36.4. The number of unbranched alkanes of at least 4 members (excludes halogenated alkanes) is 1. The number of methoxy groups -OCH3 is 3. The fraction of sp³-hybridized carbons (Fsp3) is 0.591. The number of benzene rings is 1. The number of aryl methyl sites for hydroxylation is 1. The second kappa shape index (κ2) is 48.0. The fourth-order valence-electron chi connectivity index (χ4n) is 17.7. The predicted molar refractivity (Wildman–Crippen MR) is 486 cm³/mol. The number of rotatable bonds is 32. The van der Waals surface area contributed by atoms with Crippen molar-refractivity contribution in [3.8, 4) is 28.4 Å². The highest BCUT2D eigenvalue weighted by Crippen LogP contribution is 2.41. The summed E-state index contributed by atoms with van der Waals surface area (Å²) in [6.45, 7) is 16.9. The number of ketones is 3. The molecule has 1 saturated carbocycles. The van der Waals surface area contributed by atoms with Crippen LogP contribution < -0.4 is 31.9 Å². The summed E-state index contributed by atoms with van der Waals surface area (Å²) >= 11 is 0. The minimum atomic E-state index is -2.50. The van der Waals surface area contributed by atoms with Gasteiger partial charge in [-0.25, -0.2) is 44.1 Å². The van der Waals surface area contributed by atoms with Crippen LogP contribution in [0.1, 0.15) is 154 Å². The molecule has 1 aromatic carbocycles. The van der Waals surface area contributed by atoms with E-state index in [1.807, 2.05) is 61.4 Å². The molecule has 5 aliphatic rings. The molecule has 10 heterocycles. The average Bonchev–Trinajstić information content (AvgIpc) is 1.64. The molecule has 15 atom stereocenters. The first-order valence-corrected chi connectivity index (χ1v) is 45.7. The molecule has 0 unspecified atom stereocenters. The molecule has 12 rings (SSSR count). The third kappa shape index (κ3) is 26.4. The molecule has 4 fully saturated rings. The third-order valence-electron chi connectivity index (χ3n) is 25.4. The van der Waals surface area contributed by atoms with Crippen LogP contribution in [0.2, 0.25) is 0 Å². The van der Waals surface area contributed by atoms with Gasteiger partial charge in [-0.15, -0.1) is 5.10 Å². The van der Waals surface area contributed by atoms with Crippen LogP contribution in [0.25, 0.3) is 44.6 Å². The lowest BCUT2D eigenvalue weighted by Gasteiger charge is -2.42. The van der Waals surface area contributed by atoms with Crippen molar-refractivity contribution in [1.82, 2.24) is 75.2 Å². The summed E-state index contributed by atoms with van der Waals surface area (Å²) in [6.07, 6.45) is 21.5. The van der Waals surface area contributed by atoms with Crippen LogP contribution in [0.5, 0.6) is 5.75 Å². The van der Waals surface area contributed by atoms with Crippen LogP contribution in [-0.4, -0.2) is 295 Å². The zero-order chi connectivity index (χ0) is 93.3. The van der Waals surface area contributed by atoms with Crippen molar-refractivity contribution in [2.24, 2.45) is 35.3 Å². The number of aliphatic hydroxyl groups excluding tert-OH is 1. The van der Waals surface area contributed by atoms with E-state index >= 15 is 0 Å². The Morgan fingerprint density at radius 1 is 0.740 bits per heavy atom. The van der Waals surface area contributed by atoms with Gasteiger partial charge in [0.1, 0.15) is 59.4 Å². The molecular weight excluding hydrogens is 1690 g/mol. The lowest BCUT2D eigenvalue weighted by molar-refractivity contribution is -0.265. The number of allylic oxidation sites excluding steroid dienone is 6. The highest BCUT2D eigenvalue weighted by molar-refractivity contribution is 6.39. The summed E-state index contributed by atoms with van der Waals surface area (Å²) in [7, 11) is 4.56. The van der Waals surface area contributed by atoms with Crippen molar-refractivity contribution >= 4 is 80.7 Å². The van der Waals surface area contributed by atoms with Gasteiger partial charge in [-0.2, -0.15) is 5.10 Å². The Balaban J connectivity index is 0.546. The van der Waals surface area contributed by atoms with E-state index in [-0.39, 0.29) is 105 Å². The summed E-state index contributed by atoms with van der Waals surface area (Å²) in [6, 6.07) is 4.58. The standard InChI is InChI=1S/C93H129N19O19/c1-57-17-11-10-12-18-58(2)76(123-7)49-68-23-20-62(6)93(122,131-68)85(118)89(120)110-29-15-13-19-74(110)90(121)130-77(50-75(114)59(3)44-61(5)83(117)84(125-9)82(116)60(4)43-57)69(94)45-63-21-25-73(78(46-63)124-8)112-55-72(105-107-112)65-51-98-91(99-52-65)108-31-33-109(34-32-108)92-100-53-66(54-101-92)88(119)97-28-36-127-38-40-129-42-41-128-39-37-126-35-26-79(115)96-27-14-16-30-111-87-80(86(95)102-56-103-87)81(106-111)71-48-64-47-67(113)22-24-70(64)104-71/h10-12,17-18,22,24,44,47-48,51-57,59-60,62-63,68-69,73-74,76-78,83-84,104,113,117,122H,13-16,19-21,23,25-43,45-46,49-50,94H2,1-9H3,(H,96,115)(H,97,119)(H2,95,102,103)/b12-10?,17-11+,58-18?,61-44+/t57-,59-,60-,62-,63+,68+,69-,73+,74+,76+,77+,78-,83-,84+,93-/m1/s1. The number of aromatic nitrogens is 12. The number of hydrogen-bond donors (Lipinski definition) is 8. The summed E-state index contributed by atoms with van der Waals surface area (Å²) in [5.41, 5.74) is 19.0. The molecule has 710 valence electrons. The zero-order valence-corrected chi connectivity index (χ0v) is 76.5. The number of hydrogen-bond acceptors (Lipinski definition) is 32. The summed E-state index contributed by atoms with van der Waals surface area (Å²) in [4.78, 5) is 134. The number of ether oxygens (including phenoxy) is 9. The molecule has 0 radical (unpaired) electrons. The molecule has 10 N–H and O–H groups in total. The number of phenols is 1. The van der Waals surface area contributed by atoms with Crippen LogP contribution >= 0.6 is 0 Å². The molecule has 6 aromatic heterocycles. The van der Waals surface area contributed by atoms with E-state index in [4.69, 9.17) is 69.2 Å². The molecule has 131 heavy (non-hydrogen) atoms. The molecule has 38 heteroatoms. The third-order valence-corrected chi connectivity index (χ3v) is 25.4. The molecule has 7 aromatic rings. The van der Waals surface area contributed by atoms with Crippen LogP contribution in [0.3, 0.4) is 0 Å². The number of piperazine rings is 1. The van der Waals surface area contributed by atoms with E-state index < -0.39 is 83.8 Å². The van der Waals surface area contributed by atoms with Gasteiger partial charge in [0, 0.05) is 158 Å².